The molecule has 0 amide bonds. The standard InChI is InChI=1S/C9H21N/c1-5-6-7-8(2)9(3)10-4/h8-10H,5-7H2,1-4H3/t8-,9+/m0/s1. The van der Waals surface area contributed by atoms with E-state index in [0.29, 0.717) is 6.04 Å². The van der Waals surface area contributed by atoms with Crippen LogP contribution in [0.4, 0.5) is 0 Å². The molecule has 0 aliphatic rings. The van der Waals surface area contributed by atoms with Crippen LogP contribution >= 0.6 is 0 Å². The van der Waals surface area contributed by atoms with Crippen LogP contribution in [-0.4, -0.2) is 13.1 Å². The molecule has 0 radical (unpaired) electrons. The van der Waals surface area contributed by atoms with Crippen molar-refractivity contribution in [2.45, 2.75) is 46.1 Å². The number of hydrogen-bond acceptors (Lipinski definition) is 1. The minimum Gasteiger partial charge on any atom is -0.317 e. The van der Waals surface area contributed by atoms with Gasteiger partial charge in [-0.2, -0.15) is 0 Å². The highest BCUT2D eigenvalue weighted by Gasteiger charge is 2.07. The van der Waals surface area contributed by atoms with E-state index >= 15 is 0 Å². The molecule has 62 valence electrons. The third kappa shape index (κ3) is 3.89. The highest BCUT2D eigenvalue weighted by molar-refractivity contribution is 4.65. The van der Waals surface area contributed by atoms with Crippen LogP contribution in [0.1, 0.15) is 40.0 Å². The van der Waals surface area contributed by atoms with E-state index in [2.05, 4.69) is 26.1 Å². The topological polar surface area (TPSA) is 12.0 Å². The molecule has 0 spiro atoms. The van der Waals surface area contributed by atoms with Crippen LogP contribution in [0.3, 0.4) is 0 Å². The first-order valence-electron chi connectivity index (χ1n) is 4.39. The highest BCUT2D eigenvalue weighted by atomic mass is 14.9. The Kier molecular flexibility index (Phi) is 5.70. The third-order valence-electron chi connectivity index (χ3n) is 2.32. The summed E-state index contributed by atoms with van der Waals surface area (Å²) in [5.41, 5.74) is 0. The summed E-state index contributed by atoms with van der Waals surface area (Å²) in [6, 6.07) is 0.673. The summed E-state index contributed by atoms with van der Waals surface area (Å²) in [6.45, 7) is 6.81. The zero-order chi connectivity index (χ0) is 7.98. The monoisotopic (exact) mass is 143 g/mol. The van der Waals surface area contributed by atoms with Crippen LogP contribution in [0.5, 0.6) is 0 Å². The van der Waals surface area contributed by atoms with E-state index in [0.717, 1.165) is 5.92 Å². The normalized spacial score (nSPS) is 16.8. The molecule has 1 heteroatoms. The molecule has 0 aromatic heterocycles. The van der Waals surface area contributed by atoms with Crippen molar-refractivity contribution in [1.29, 1.82) is 0 Å². The number of unbranched alkanes of at least 4 members (excludes halogenated alkanes) is 1. The lowest BCUT2D eigenvalue weighted by Crippen LogP contribution is -2.28. The first-order chi connectivity index (χ1) is 4.72. The van der Waals surface area contributed by atoms with Crippen molar-refractivity contribution in [1.82, 2.24) is 5.32 Å². The Hall–Kier alpha value is -0.0400. The SMILES string of the molecule is CCCC[C@H](C)[C@@H](C)NC. The quantitative estimate of drug-likeness (QED) is 0.623. The molecule has 2 atom stereocenters. The molecule has 10 heavy (non-hydrogen) atoms. The molecular formula is C9H21N. The highest BCUT2D eigenvalue weighted by Crippen LogP contribution is 2.10. The van der Waals surface area contributed by atoms with Gasteiger partial charge in [-0.3, -0.25) is 0 Å². The van der Waals surface area contributed by atoms with E-state index in [1.54, 1.807) is 0 Å². The van der Waals surface area contributed by atoms with Crippen molar-refractivity contribution in [2.24, 2.45) is 5.92 Å². The van der Waals surface area contributed by atoms with Gasteiger partial charge in [0, 0.05) is 6.04 Å². The zero-order valence-corrected chi connectivity index (χ0v) is 7.78. The van der Waals surface area contributed by atoms with Gasteiger partial charge in [0.2, 0.25) is 0 Å². The average Bonchev–Trinajstić information content (AvgIpc) is 1.98. The van der Waals surface area contributed by atoms with E-state index in [-0.39, 0.29) is 0 Å². The van der Waals surface area contributed by atoms with Gasteiger partial charge in [0.15, 0.2) is 0 Å². The second kappa shape index (κ2) is 5.72. The fourth-order valence-electron chi connectivity index (χ4n) is 1.06. The minimum atomic E-state index is 0.673. The number of nitrogens with one attached hydrogen (secondary N) is 1. The van der Waals surface area contributed by atoms with E-state index < -0.39 is 0 Å². The molecule has 0 aliphatic heterocycles. The van der Waals surface area contributed by atoms with Gasteiger partial charge in [0.05, 0.1) is 0 Å². The van der Waals surface area contributed by atoms with Crippen LogP contribution in [-0.2, 0) is 0 Å². The summed E-state index contributed by atoms with van der Waals surface area (Å²) in [7, 11) is 2.03. The lowest BCUT2D eigenvalue weighted by molar-refractivity contribution is 0.390. The Bertz CT molecular complexity index is 71.1. The molecule has 0 saturated carbocycles. The van der Waals surface area contributed by atoms with Gasteiger partial charge >= 0.3 is 0 Å². The maximum absolute atomic E-state index is 3.27. The zero-order valence-electron chi connectivity index (χ0n) is 7.78. The van der Waals surface area contributed by atoms with Crippen molar-refractivity contribution in [2.75, 3.05) is 7.05 Å². The van der Waals surface area contributed by atoms with Gasteiger partial charge < -0.3 is 5.32 Å². The van der Waals surface area contributed by atoms with Crippen LogP contribution < -0.4 is 5.32 Å². The van der Waals surface area contributed by atoms with Crippen molar-refractivity contribution in [3.8, 4) is 0 Å². The summed E-state index contributed by atoms with van der Waals surface area (Å²) in [4.78, 5) is 0. The molecule has 1 N–H and O–H groups in total. The van der Waals surface area contributed by atoms with E-state index in [1.807, 2.05) is 7.05 Å². The molecule has 1 nitrogen and oxygen atoms in total. The Labute approximate surface area is 65.2 Å². The Balaban J connectivity index is 3.31. The Morgan fingerprint density at radius 1 is 1.30 bits per heavy atom. The van der Waals surface area contributed by atoms with Gasteiger partial charge in [-0.05, 0) is 26.3 Å². The van der Waals surface area contributed by atoms with Crippen molar-refractivity contribution < 1.29 is 0 Å². The van der Waals surface area contributed by atoms with Crippen LogP contribution in [0, 0.1) is 5.92 Å². The van der Waals surface area contributed by atoms with Crippen LogP contribution in [0.15, 0.2) is 0 Å². The molecule has 0 fully saturated rings. The fraction of sp³-hybridized carbons (Fsp3) is 1.00. The van der Waals surface area contributed by atoms with Crippen molar-refractivity contribution in [3.63, 3.8) is 0 Å². The van der Waals surface area contributed by atoms with Gasteiger partial charge in [-0.15, -0.1) is 0 Å². The number of hydrogen-bond donors (Lipinski definition) is 1. The Morgan fingerprint density at radius 2 is 1.90 bits per heavy atom. The second-order valence-corrected chi connectivity index (χ2v) is 3.20. The maximum Gasteiger partial charge on any atom is 0.00613 e. The van der Waals surface area contributed by atoms with Crippen molar-refractivity contribution >= 4 is 0 Å². The third-order valence-corrected chi connectivity index (χ3v) is 2.32. The van der Waals surface area contributed by atoms with Crippen LogP contribution in [0.2, 0.25) is 0 Å². The Morgan fingerprint density at radius 3 is 2.30 bits per heavy atom. The maximum atomic E-state index is 3.27. The largest absolute Gasteiger partial charge is 0.317 e. The summed E-state index contributed by atoms with van der Waals surface area (Å²) in [5.74, 6) is 0.824. The molecule has 0 saturated heterocycles. The summed E-state index contributed by atoms with van der Waals surface area (Å²) >= 11 is 0. The average molecular weight is 143 g/mol. The lowest BCUT2D eigenvalue weighted by atomic mass is 9.97. The summed E-state index contributed by atoms with van der Waals surface area (Å²) in [6.07, 6.45) is 4.05. The molecule has 0 bridgehead atoms. The molecule has 0 unspecified atom stereocenters. The molecule has 0 aromatic carbocycles. The van der Waals surface area contributed by atoms with Gasteiger partial charge in [-0.25, -0.2) is 0 Å². The predicted octanol–water partition coefficient (Wildman–Crippen LogP) is 2.42. The summed E-state index contributed by atoms with van der Waals surface area (Å²) in [5, 5.41) is 3.27. The first-order valence-corrected chi connectivity index (χ1v) is 4.39. The minimum absolute atomic E-state index is 0.673. The van der Waals surface area contributed by atoms with Gasteiger partial charge in [0.25, 0.3) is 0 Å². The molecule has 0 heterocycles. The number of rotatable bonds is 5. The van der Waals surface area contributed by atoms with E-state index in [9.17, 15) is 0 Å². The molecule has 0 rings (SSSR count). The first kappa shape index (κ1) is 9.96. The van der Waals surface area contributed by atoms with E-state index in [4.69, 9.17) is 0 Å². The lowest BCUT2D eigenvalue weighted by Gasteiger charge is -2.18. The van der Waals surface area contributed by atoms with Crippen LogP contribution in [0.25, 0.3) is 0 Å². The summed E-state index contributed by atoms with van der Waals surface area (Å²) < 4.78 is 0. The second-order valence-electron chi connectivity index (χ2n) is 3.20. The van der Waals surface area contributed by atoms with Crippen molar-refractivity contribution in [3.05, 3.63) is 0 Å². The predicted molar refractivity (Wildman–Crippen MR) is 47.2 cm³/mol. The molecule has 0 aromatic rings. The van der Waals surface area contributed by atoms with Gasteiger partial charge in [-0.1, -0.05) is 26.7 Å². The molecule has 0 aliphatic carbocycles. The van der Waals surface area contributed by atoms with E-state index in [1.165, 1.54) is 19.3 Å². The smallest absolute Gasteiger partial charge is 0.00613 e. The fourth-order valence-corrected chi connectivity index (χ4v) is 1.06. The molecular weight excluding hydrogens is 122 g/mol. The van der Waals surface area contributed by atoms with Gasteiger partial charge in [0.1, 0.15) is 0 Å².